The number of anilines is 1. The van der Waals surface area contributed by atoms with Gasteiger partial charge in [0.15, 0.2) is 0 Å². The Morgan fingerprint density at radius 1 is 1.39 bits per heavy atom. The van der Waals surface area contributed by atoms with Crippen molar-refractivity contribution in [2.45, 2.75) is 19.6 Å². The van der Waals surface area contributed by atoms with Gasteiger partial charge in [-0.1, -0.05) is 12.1 Å². The quantitative estimate of drug-likeness (QED) is 0.708. The first kappa shape index (κ1) is 14.5. The Morgan fingerprint density at radius 3 is 2.67 bits per heavy atom. The van der Waals surface area contributed by atoms with Crippen LogP contribution in [-0.2, 0) is 20.9 Å². The van der Waals surface area contributed by atoms with E-state index in [-0.39, 0.29) is 18.6 Å². The van der Waals surface area contributed by atoms with E-state index >= 15 is 0 Å². The van der Waals surface area contributed by atoms with E-state index < -0.39 is 0 Å². The maximum absolute atomic E-state index is 11.5. The third-order valence-corrected chi connectivity index (χ3v) is 2.31. The van der Waals surface area contributed by atoms with Crippen LogP contribution in [0.5, 0.6) is 0 Å². The van der Waals surface area contributed by atoms with Gasteiger partial charge in [0, 0.05) is 18.8 Å². The lowest BCUT2D eigenvalue weighted by molar-refractivity contribution is -0.127. The predicted molar refractivity (Wildman–Crippen MR) is 70.0 cm³/mol. The van der Waals surface area contributed by atoms with E-state index in [9.17, 15) is 4.79 Å². The molecular formula is C13H20N2O3. The molecule has 1 amide bonds. The molecule has 1 rings (SSSR count). The van der Waals surface area contributed by atoms with Crippen molar-refractivity contribution in [3.8, 4) is 0 Å². The molecule has 0 aliphatic carbocycles. The fraction of sp³-hybridized carbons (Fsp3) is 0.462. The molecular weight excluding hydrogens is 232 g/mol. The Hall–Kier alpha value is -1.59. The third-order valence-electron chi connectivity index (χ3n) is 2.31. The Balaban J connectivity index is 2.21. The maximum atomic E-state index is 11.5. The highest BCUT2D eigenvalue weighted by Gasteiger charge is 2.06. The van der Waals surface area contributed by atoms with E-state index in [0.29, 0.717) is 18.9 Å². The van der Waals surface area contributed by atoms with Gasteiger partial charge in [-0.25, -0.2) is 0 Å². The summed E-state index contributed by atoms with van der Waals surface area (Å²) in [5, 5.41) is 2.77. The Morgan fingerprint density at radius 2 is 2.06 bits per heavy atom. The molecule has 100 valence electrons. The molecule has 0 radical (unpaired) electrons. The topological polar surface area (TPSA) is 73.6 Å². The molecule has 0 aliphatic rings. The molecule has 5 heteroatoms. The second-order valence-electron chi connectivity index (χ2n) is 4.16. The molecule has 18 heavy (non-hydrogen) atoms. The first-order valence-corrected chi connectivity index (χ1v) is 5.82. The van der Waals surface area contributed by atoms with Crippen molar-refractivity contribution < 1.29 is 14.3 Å². The molecule has 1 aromatic carbocycles. The van der Waals surface area contributed by atoms with Crippen molar-refractivity contribution in [1.82, 2.24) is 5.32 Å². The van der Waals surface area contributed by atoms with E-state index in [1.165, 1.54) is 0 Å². The lowest BCUT2D eigenvalue weighted by Gasteiger charge is -2.12. The number of nitrogens with two attached hydrogens (primary N) is 1. The van der Waals surface area contributed by atoms with Crippen LogP contribution in [0.25, 0.3) is 0 Å². The van der Waals surface area contributed by atoms with E-state index in [2.05, 4.69) is 5.32 Å². The minimum atomic E-state index is -0.144. The molecule has 1 atom stereocenters. The highest BCUT2D eigenvalue weighted by molar-refractivity contribution is 5.77. The van der Waals surface area contributed by atoms with Gasteiger partial charge >= 0.3 is 0 Å². The van der Waals surface area contributed by atoms with Crippen LogP contribution in [0.4, 0.5) is 5.69 Å². The van der Waals surface area contributed by atoms with Gasteiger partial charge in [-0.2, -0.15) is 0 Å². The molecule has 1 unspecified atom stereocenters. The van der Waals surface area contributed by atoms with Crippen LogP contribution >= 0.6 is 0 Å². The fourth-order valence-electron chi connectivity index (χ4n) is 1.48. The van der Waals surface area contributed by atoms with Gasteiger partial charge in [0.2, 0.25) is 5.91 Å². The minimum Gasteiger partial charge on any atom is -0.399 e. The smallest absolute Gasteiger partial charge is 0.246 e. The summed E-state index contributed by atoms with van der Waals surface area (Å²) in [5.41, 5.74) is 7.27. The van der Waals surface area contributed by atoms with Gasteiger partial charge in [-0.3, -0.25) is 4.79 Å². The summed E-state index contributed by atoms with van der Waals surface area (Å²) in [6.07, 6.45) is 0. The summed E-state index contributed by atoms with van der Waals surface area (Å²) in [6.45, 7) is 2.80. The third kappa shape index (κ3) is 5.65. The van der Waals surface area contributed by atoms with E-state index in [1.54, 1.807) is 19.2 Å². The highest BCUT2D eigenvalue weighted by Crippen LogP contribution is 2.06. The Bertz CT molecular complexity index is 365. The number of amides is 1. The van der Waals surface area contributed by atoms with Crippen molar-refractivity contribution in [2.75, 3.05) is 26.1 Å². The van der Waals surface area contributed by atoms with Crippen molar-refractivity contribution >= 4 is 11.6 Å². The SMILES string of the molecule is COCC(C)NC(=O)COCc1ccc(N)cc1. The average Bonchev–Trinajstić information content (AvgIpc) is 2.32. The van der Waals surface area contributed by atoms with Crippen LogP contribution in [0, 0.1) is 0 Å². The van der Waals surface area contributed by atoms with Crippen molar-refractivity contribution in [1.29, 1.82) is 0 Å². The largest absolute Gasteiger partial charge is 0.399 e. The van der Waals surface area contributed by atoms with Crippen molar-refractivity contribution in [3.63, 3.8) is 0 Å². The number of carbonyl (C=O) groups excluding carboxylic acids is 1. The molecule has 1 aromatic rings. The van der Waals surface area contributed by atoms with Gasteiger partial charge < -0.3 is 20.5 Å². The van der Waals surface area contributed by atoms with E-state index in [0.717, 1.165) is 5.56 Å². The Kier molecular flexibility index (Phi) is 6.18. The summed E-state index contributed by atoms with van der Waals surface area (Å²) >= 11 is 0. The number of hydrogen-bond acceptors (Lipinski definition) is 4. The molecule has 0 aliphatic heterocycles. The molecule has 0 saturated carbocycles. The first-order chi connectivity index (χ1) is 8.61. The molecule has 0 heterocycles. The summed E-state index contributed by atoms with van der Waals surface area (Å²) in [7, 11) is 1.60. The number of ether oxygens (including phenoxy) is 2. The molecule has 0 spiro atoms. The molecule has 3 N–H and O–H groups in total. The number of rotatable bonds is 7. The van der Waals surface area contributed by atoms with Crippen LogP contribution in [0.1, 0.15) is 12.5 Å². The van der Waals surface area contributed by atoms with Gasteiger partial charge in [-0.15, -0.1) is 0 Å². The maximum Gasteiger partial charge on any atom is 0.246 e. The standard InChI is InChI=1S/C13H20N2O3/c1-10(7-17-2)15-13(16)9-18-8-11-3-5-12(14)6-4-11/h3-6,10H,7-9,14H2,1-2H3,(H,15,16). The molecule has 0 fully saturated rings. The number of nitrogens with one attached hydrogen (secondary N) is 1. The normalized spacial score (nSPS) is 12.1. The summed E-state index contributed by atoms with van der Waals surface area (Å²) in [4.78, 5) is 11.5. The van der Waals surface area contributed by atoms with Crippen molar-refractivity contribution in [3.05, 3.63) is 29.8 Å². The van der Waals surface area contributed by atoms with Gasteiger partial charge in [0.25, 0.3) is 0 Å². The average molecular weight is 252 g/mol. The van der Waals surface area contributed by atoms with Gasteiger partial charge in [-0.05, 0) is 24.6 Å². The Labute approximate surface area is 107 Å². The number of hydrogen-bond donors (Lipinski definition) is 2. The lowest BCUT2D eigenvalue weighted by Crippen LogP contribution is -2.37. The second-order valence-corrected chi connectivity index (χ2v) is 4.16. The zero-order chi connectivity index (χ0) is 13.4. The van der Waals surface area contributed by atoms with Crippen LogP contribution in [-0.4, -0.2) is 32.3 Å². The summed E-state index contributed by atoms with van der Waals surface area (Å²) in [6, 6.07) is 7.35. The zero-order valence-electron chi connectivity index (χ0n) is 10.8. The summed E-state index contributed by atoms with van der Waals surface area (Å²) in [5.74, 6) is -0.144. The molecule has 0 bridgehead atoms. The van der Waals surface area contributed by atoms with Gasteiger partial charge in [0.1, 0.15) is 6.61 Å². The fourth-order valence-corrected chi connectivity index (χ4v) is 1.48. The molecule has 0 aromatic heterocycles. The number of nitrogen functional groups attached to an aromatic ring is 1. The first-order valence-electron chi connectivity index (χ1n) is 5.82. The monoisotopic (exact) mass is 252 g/mol. The number of benzene rings is 1. The zero-order valence-corrected chi connectivity index (χ0v) is 10.8. The van der Waals surface area contributed by atoms with Crippen LogP contribution in [0.15, 0.2) is 24.3 Å². The highest BCUT2D eigenvalue weighted by atomic mass is 16.5. The molecule has 0 saturated heterocycles. The minimum absolute atomic E-state index is 0.0115. The van der Waals surface area contributed by atoms with E-state index in [1.807, 2.05) is 19.1 Å². The van der Waals surface area contributed by atoms with Crippen LogP contribution < -0.4 is 11.1 Å². The molecule has 5 nitrogen and oxygen atoms in total. The van der Waals surface area contributed by atoms with Crippen LogP contribution in [0.2, 0.25) is 0 Å². The van der Waals surface area contributed by atoms with Gasteiger partial charge in [0.05, 0.1) is 13.2 Å². The summed E-state index contributed by atoms with van der Waals surface area (Å²) < 4.78 is 10.2. The van der Waals surface area contributed by atoms with Crippen LogP contribution in [0.3, 0.4) is 0 Å². The van der Waals surface area contributed by atoms with Crippen molar-refractivity contribution in [2.24, 2.45) is 0 Å². The number of methoxy groups -OCH3 is 1. The van der Waals surface area contributed by atoms with E-state index in [4.69, 9.17) is 15.2 Å². The lowest BCUT2D eigenvalue weighted by atomic mass is 10.2. The number of carbonyl (C=O) groups is 1. The second kappa shape index (κ2) is 7.68. The predicted octanol–water partition coefficient (Wildman–Crippen LogP) is 0.937.